The first-order chi connectivity index (χ1) is 9.16. The highest BCUT2D eigenvalue weighted by molar-refractivity contribution is 5.94. The molecule has 1 amide bonds. The lowest BCUT2D eigenvalue weighted by Gasteiger charge is -2.26. The van der Waals surface area contributed by atoms with Crippen molar-refractivity contribution in [3.05, 3.63) is 34.4 Å². The lowest BCUT2D eigenvalue weighted by atomic mass is 10.2. The quantitative estimate of drug-likeness (QED) is 0.638. The van der Waals surface area contributed by atoms with Gasteiger partial charge in [0.25, 0.3) is 5.69 Å². The maximum Gasteiger partial charge on any atom is 0.292 e. The second kappa shape index (κ2) is 9.51. The van der Waals surface area contributed by atoms with Crippen LogP contribution in [0.15, 0.2) is 24.3 Å². The number of hydrogen-bond acceptors (Lipinski definition) is 5. The first-order valence-corrected chi connectivity index (χ1v) is 6.13. The van der Waals surface area contributed by atoms with Gasteiger partial charge in [-0.05, 0) is 6.07 Å². The molecule has 118 valence electrons. The van der Waals surface area contributed by atoms with Crippen molar-refractivity contribution in [1.82, 2.24) is 10.2 Å². The van der Waals surface area contributed by atoms with E-state index in [4.69, 9.17) is 0 Å². The number of anilines is 1. The molecule has 1 aliphatic rings. The number of nitro groups is 1. The second-order valence-electron chi connectivity index (χ2n) is 4.35. The largest absolute Gasteiger partial charge is 0.319 e. The maximum atomic E-state index is 11.9. The molecule has 0 aliphatic carbocycles. The molecule has 7 nitrogen and oxygen atoms in total. The van der Waals surface area contributed by atoms with Gasteiger partial charge in [-0.2, -0.15) is 0 Å². The number of para-hydroxylation sites is 2. The van der Waals surface area contributed by atoms with Crippen molar-refractivity contribution in [1.29, 1.82) is 0 Å². The van der Waals surface area contributed by atoms with Crippen LogP contribution in [0.1, 0.15) is 0 Å². The molecule has 2 rings (SSSR count). The van der Waals surface area contributed by atoms with Crippen LogP contribution in [-0.2, 0) is 4.79 Å². The number of piperazine rings is 1. The zero-order valence-corrected chi connectivity index (χ0v) is 12.9. The van der Waals surface area contributed by atoms with Crippen LogP contribution in [0.25, 0.3) is 0 Å². The van der Waals surface area contributed by atoms with Crippen LogP contribution < -0.4 is 10.6 Å². The summed E-state index contributed by atoms with van der Waals surface area (Å²) in [4.78, 5) is 24.2. The molecule has 1 aromatic carbocycles. The molecule has 1 heterocycles. The number of nitro benzene ring substituents is 1. The van der Waals surface area contributed by atoms with Gasteiger partial charge in [-0.1, -0.05) is 12.1 Å². The minimum atomic E-state index is -0.500. The van der Waals surface area contributed by atoms with Crippen molar-refractivity contribution < 1.29 is 9.72 Å². The Kier molecular flexibility index (Phi) is 8.87. The number of hydrogen-bond donors (Lipinski definition) is 2. The molecule has 9 heteroatoms. The molecule has 0 spiro atoms. The molecular formula is C12H18Cl2N4O3. The first kappa shape index (κ1) is 19.6. The molecular weight excluding hydrogens is 319 g/mol. The number of carbonyl (C=O) groups is 1. The van der Waals surface area contributed by atoms with E-state index in [1.165, 1.54) is 12.1 Å². The summed E-state index contributed by atoms with van der Waals surface area (Å²) in [6.45, 7) is 3.60. The number of rotatable bonds is 4. The van der Waals surface area contributed by atoms with Crippen LogP contribution in [0.2, 0.25) is 0 Å². The van der Waals surface area contributed by atoms with Gasteiger partial charge in [0, 0.05) is 32.2 Å². The van der Waals surface area contributed by atoms with Gasteiger partial charge in [-0.15, -0.1) is 24.8 Å². The average molecular weight is 337 g/mol. The Morgan fingerprint density at radius 3 is 2.52 bits per heavy atom. The normalized spacial score (nSPS) is 14.5. The van der Waals surface area contributed by atoms with E-state index in [2.05, 4.69) is 10.6 Å². The Hall–Kier alpha value is -1.41. The Balaban J connectivity index is 0.00000200. The van der Waals surface area contributed by atoms with Crippen LogP contribution in [0, 0.1) is 10.1 Å². The van der Waals surface area contributed by atoms with E-state index in [0.717, 1.165) is 26.2 Å². The number of nitrogens with zero attached hydrogens (tertiary/aromatic N) is 2. The van der Waals surface area contributed by atoms with Crippen LogP contribution in [0.4, 0.5) is 11.4 Å². The molecule has 21 heavy (non-hydrogen) atoms. The van der Waals surface area contributed by atoms with Gasteiger partial charge < -0.3 is 10.6 Å². The minimum absolute atomic E-state index is 0. The summed E-state index contributed by atoms with van der Waals surface area (Å²) in [7, 11) is 0. The van der Waals surface area contributed by atoms with E-state index >= 15 is 0 Å². The summed E-state index contributed by atoms with van der Waals surface area (Å²) in [5.74, 6) is -0.226. The number of amides is 1. The van der Waals surface area contributed by atoms with Gasteiger partial charge in [0.05, 0.1) is 11.5 Å². The highest BCUT2D eigenvalue weighted by atomic mass is 35.5. The van der Waals surface area contributed by atoms with Crippen molar-refractivity contribution in [3.63, 3.8) is 0 Å². The Labute approximate surface area is 135 Å². The van der Waals surface area contributed by atoms with Crippen LogP contribution >= 0.6 is 24.8 Å². The summed E-state index contributed by atoms with van der Waals surface area (Å²) >= 11 is 0. The van der Waals surface area contributed by atoms with Gasteiger partial charge in [-0.3, -0.25) is 19.8 Å². The van der Waals surface area contributed by atoms with E-state index in [1.807, 2.05) is 4.90 Å². The SMILES string of the molecule is Cl.Cl.O=C(CN1CCNCC1)Nc1ccccc1[N+](=O)[O-]. The molecule has 2 N–H and O–H groups in total. The van der Waals surface area contributed by atoms with Crippen molar-refractivity contribution >= 4 is 42.1 Å². The smallest absolute Gasteiger partial charge is 0.292 e. The Morgan fingerprint density at radius 2 is 1.90 bits per heavy atom. The van der Waals surface area contributed by atoms with E-state index in [-0.39, 0.29) is 48.6 Å². The van der Waals surface area contributed by atoms with Gasteiger partial charge in [0.1, 0.15) is 5.69 Å². The monoisotopic (exact) mass is 336 g/mol. The van der Waals surface area contributed by atoms with Gasteiger partial charge >= 0.3 is 0 Å². The van der Waals surface area contributed by atoms with Crippen molar-refractivity contribution in [2.24, 2.45) is 0 Å². The highest BCUT2D eigenvalue weighted by Crippen LogP contribution is 2.22. The highest BCUT2D eigenvalue weighted by Gasteiger charge is 2.17. The molecule has 0 atom stereocenters. The van der Waals surface area contributed by atoms with Gasteiger partial charge in [-0.25, -0.2) is 0 Å². The van der Waals surface area contributed by atoms with Crippen LogP contribution in [0.5, 0.6) is 0 Å². The van der Waals surface area contributed by atoms with E-state index in [9.17, 15) is 14.9 Å². The summed E-state index contributed by atoms with van der Waals surface area (Å²) in [5.41, 5.74) is 0.156. The average Bonchev–Trinajstić information content (AvgIpc) is 2.40. The molecule has 1 fully saturated rings. The lowest BCUT2D eigenvalue weighted by molar-refractivity contribution is -0.383. The van der Waals surface area contributed by atoms with Gasteiger partial charge in [0.2, 0.25) is 5.91 Å². The molecule has 0 saturated carbocycles. The molecule has 0 bridgehead atoms. The molecule has 1 saturated heterocycles. The number of halogens is 2. The number of carbonyl (C=O) groups excluding carboxylic acids is 1. The third-order valence-corrected chi connectivity index (χ3v) is 2.95. The van der Waals surface area contributed by atoms with E-state index in [1.54, 1.807) is 12.1 Å². The second-order valence-corrected chi connectivity index (χ2v) is 4.35. The number of benzene rings is 1. The summed E-state index contributed by atoms with van der Waals surface area (Å²) in [6, 6.07) is 6.14. The Morgan fingerprint density at radius 1 is 1.29 bits per heavy atom. The third-order valence-electron chi connectivity index (χ3n) is 2.95. The van der Waals surface area contributed by atoms with E-state index < -0.39 is 4.92 Å². The summed E-state index contributed by atoms with van der Waals surface area (Å²) < 4.78 is 0. The lowest BCUT2D eigenvalue weighted by Crippen LogP contribution is -2.46. The fourth-order valence-electron chi connectivity index (χ4n) is 2.00. The van der Waals surface area contributed by atoms with Crippen LogP contribution in [-0.4, -0.2) is 48.5 Å². The zero-order chi connectivity index (χ0) is 13.7. The molecule has 1 aromatic rings. The minimum Gasteiger partial charge on any atom is -0.319 e. The fraction of sp³-hybridized carbons (Fsp3) is 0.417. The standard InChI is InChI=1S/C12H16N4O3.2ClH/c17-12(9-15-7-5-13-6-8-15)14-10-3-1-2-4-11(10)16(18)19;;/h1-4,13H,5-9H2,(H,14,17);2*1H. The first-order valence-electron chi connectivity index (χ1n) is 6.13. The Bertz CT molecular complexity index is 481. The van der Waals surface area contributed by atoms with Crippen molar-refractivity contribution in [3.8, 4) is 0 Å². The molecule has 0 radical (unpaired) electrons. The topological polar surface area (TPSA) is 87.5 Å². The summed E-state index contributed by atoms with van der Waals surface area (Å²) in [5, 5.41) is 16.6. The number of nitrogens with one attached hydrogen (secondary N) is 2. The molecule has 0 aromatic heterocycles. The maximum absolute atomic E-state index is 11.9. The van der Waals surface area contributed by atoms with Crippen LogP contribution in [0.3, 0.4) is 0 Å². The van der Waals surface area contributed by atoms with Gasteiger partial charge in [0.15, 0.2) is 0 Å². The predicted molar refractivity (Wildman–Crippen MR) is 85.5 cm³/mol. The van der Waals surface area contributed by atoms with E-state index in [0.29, 0.717) is 0 Å². The van der Waals surface area contributed by atoms with Crippen molar-refractivity contribution in [2.75, 3.05) is 38.0 Å². The third kappa shape index (κ3) is 5.84. The summed E-state index contributed by atoms with van der Waals surface area (Å²) in [6.07, 6.45) is 0. The molecule has 0 unspecified atom stereocenters. The van der Waals surface area contributed by atoms with Crippen molar-refractivity contribution in [2.45, 2.75) is 0 Å². The zero-order valence-electron chi connectivity index (χ0n) is 11.3. The molecule has 1 aliphatic heterocycles. The predicted octanol–water partition coefficient (Wildman–Crippen LogP) is 1.28. The fourth-order valence-corrected chi connectivity index (χ4v) is 2.00.